The molecule has 0 fully saturated rings. The molecule has 0 aliphatic heterocycles. The molecule has 0 saturated carbocycles. The fraction of sp³-hybridized carbons (Fsp3) is 0.900. The topological polar surface area (TPSA) is 9.23 Å². The van der Waals surface area contributed by atoms with Gasteiger partial charge < -0.3 is 4.43 Å². The van der Waals surface area contributed by atoms with Gasteiger partial charge in [0, 0.05) is 6.61 Å². The lowest BCUT2D eigenvalue weighted by Gasteiger charge is -2.05. The van der Waals surface area contributed by atoms with E-state index in [0.29, 0.717) is 0 Å². The van der Waals surface area contributed by atoms with Crippen molar-refractivity contribution in [1.29, 1.82) is 0 Å². The second-order valence-corrected chi connectivity index (χ2v) is 9.29. The van der Waals surface area contributed by atoms with E-state index in [1.165, 1.54) is 89.9 Å². The van der Waals surface area contributed by atoms with Gasteiger partial charge in [0.15, 0.2) is 9.04 Å². The highest BCUT2D eigenvalue weighted by atomic mass is 28.3. The van der Waals surface area contributed by atoms with Crippen LogP contribution in [0, 0.1) is 0 Å². The smallest absolute Gasteiger partial charge is 0.170 e. The molecule has 0 aromatic carbocycles. The minimum Gasteiger partial charge on any atom is -0.421 e. The molecule has 1 nitrogen and oxygen atoms in total. The van der Waals surface area contributed by atoms with E-state index < -0.39 is 9.04 Å². The van der Waals surface area contributed by atoms with Crippen LogP contribution in [0.2, 0.25) is 13.1 Å². The molecular weight excluding hydrogens is 284 g/mol. The molecule has 0 rings (SSSR count). The molecule has 0 heterocycles. The Morgan fingerprint density at radius 2 is 1.09 bits per heavy atom. The van der Waals surface area contributed by atoms with Crippen LogP contribution in [-0.4, -0.2) is 15.6 Å². The number of rotatable bonds is 17. The Morgan fingerprint density at radius 3 is 1.59 bits per heavy atom. The molecule has 0 aromatic rings. The highest BCUT2D eigenvalue weighted by Gasteiger charge is 1.95. The molecule has 2 heteroatoms. The first-order valence-corrected chi connectivity index (χ1v) is 12.8. The summed E-state index contributed by atoms with van der Waals surface area (Å²) >= 11 is 0. The van der Waals surface area contributed by atoms with Crippen molar-refractivity contribution < 1.29 is 4.43 Å². The average molecular weight is 327 g/mol. The summed E-state index contributed by atoms with van der Waals surface area (Å²) < 4.78 is 5.69. The fourth-order valence-corrected chi connectivity index (χ4v) is 3.31. The van der Waals surface area contributed by atoms with Crippen LogP contribution in [0.4, 0.5) is 0 Å². The van der Waals surface area contributed by atoms with Gasteiger partial charge in [0.2, 0.25) is 0 Å². The second-order valence-electron chi connectivity index (χ2n) is 6.86. The normalized spacial score (nSPS) is 11.8. The number of hydrogen-bond acceptors (Lipinski definition) is 1. The number of allylic oxidation sites excluding steroid dienone is 2. The third-order valence-corrected chi connectivity index (χ3v) is 5.01. The lowest BCUT2D eigenvalue weighted by atomic mass is 10.1. The van der Waals surface area contributed by atoms with Gasteiger partial charge in [-0.1, -0.05) is 76.9 Å². The summed E-state index contributed by atoms with van der Waals surface area (Å²) in [6.45, 7) is 7.79. The van der Waals surface area contributed by atoms with E-state index >= 15 is 0 Å². The molecule has 0 atom stereocenters. The maximum atomic E-state index is 5.69. The Morgan fingerprint density at radius 1 is 0.636 bits per heavy atom. The maximum Gasteiger partial charge on any atom is 0.170 e. The van der Waals surface area contributed by atoms with Crippen molar-refractivity contribution in [2.24, 2.45) is 0 Å². The molecule has 0 unspecified atom stereocenters. The highest BCUT2D eigenvalue weighted by molar-refractivity contribution is 6.48. The van der Waals surface area contributed by atoms with Crippen molar-refractivity contribution in [2.45, 2.75) is 110 Å². The van der Waals surface area contributed by atoms with Crippen LogP contribution < -0.4 is 0 Å². The van der Waals surface area contributed by atoms with Crippen LogP contribution in [0.1, 0.15) is 96.8 Å². The zero-order valence-electron chi connectivity index (χ0n) is 15.7. The summed E-state index contributed by atoms with van der Waals surface area (Å²) in [6.07, 6.45) is 24.1. The zero-order chi connectivity index (χ0) is 16.3. The third-order valence-electron chi connectivity index (χ3n) is 4.11. The van der Waals surface area contributed by atoms with Gasteiger partial charge in [-0.05, 0) is 45.2 Å². The zero-order valence-corrected chi connectivity index (χ0v) is 16.9. The Kier molecular flexibility index (Phi) is 18.9. The fourth-order valence-electron chi connectivity index (χ4n) is 2.67. The molecule has 0 bridgehead atoms. The monoisotopic (exact) mass is 326 g/mol. The molecular formula is C20H42OSi. The predicted molar refractivity (Wildman–Crippen MR) is 104 cm³/mol. The Hall–Kier alpha value is -0.0831. The average Bonchev–Trinajstić information content (AvgIpc) is 2.50. The molecule has 0 aliphatic carbocycles. The van der Waals surface area contributed by atoms with Crippen LogP contribution in [-0.2, 0) is 4.43 Å². The van der Waals surface area contributed by atoms with Gasteiger partial charge in [-0.3, -0.25) is 0 Å². The summed E-state index contributed by atoms with van der Waals surface area (Å²) in [7, 11) is -0.773. The second kappa shape index (κ2) is 19.0. The third kappa shape index (κ3) is 19.9. The molecule has 0 aromatic heterocycles. The quantitative estimate of drug-likeness (QED) is 0.158. The van der Waals surface area contributed by atoms with E-state index in [4.69, 9.17) is 4.43 Å². The summed E-state index contributed by atoms with van der Waals surface area (Å²) in [6, 6.07) is 0. The Labute approximate surface area is 142 Å². The molecule has 22 heavy (non-hydrogen) atoms. The van der Waals surface area contributed by atoms with Gasteiger partial charge in [-0.2, -0.15) is 0 Å². The van der Waals surface area contributed by atoms with Gasteiger partial charge in [-0.15, -0.1) is 0 Å². The number of hydrogen-bond donors (Lipinski definition) is 0. The van der Waals surface area contributed by atoms with Gasteiger partial charge >= 0.3 is 0 Å². The largest absolute Gasteiger partial charge is 0.421 e. The van der Waals surface area contributed by atoms with Crippen LogP contribution in [0.5, 0.6) is 0 Å². The molecule has 132 valence electrons. The first-order valence-electron chi connectivity index (χ1n) is 10.0. The SMILES string of the molecule is CCCCCCCC/C=C\CCCCCCCCO[SiH](C)C. The molecule has 0 radical (unpaired) electrons. The molecule has 0 saturated heterocycles. The summed E-state index contributed by atoms with van der Waals surface area (Å²) in [4.78, 5) is 0. The summed E-state index contributed by atoms with van der Waals surface area (Å²) in [5.41, 5.74) is 0. The Bertz CT molecular complexity index is 226. The van der Waals surface area contributed by atoms with E-state index in [2.05, 4.69) is 32.2 Å². The standard InChI is InChI=1S/C20H42OSi/c1-4-5-6-7-8-9-10-11-12-13-14-15-16-17-18-19-20-21-22(2)3/h11-12,22H,4-10,13-20H2,1-3H3/b12-11-. The van der Waals surface area contributed by atoms with E-state index in [1.54, 1.807) is 0 Å². The molecule has 0 aliphatic rings. The van der Waals surface area contributed by atoms with Crippen molar-refractivity contribution >= 4 is 9.04 Å². The lowest BCUT2D eigenvalue weighted by Crippen LogP contribution is -2.08. The van der Waals surface area contributed by atoms with Crippen LogP contribution in [0.3, 0.4) is 0 Å². The van der Waals surface area contributed by atoms with Gasteiger partial charge in [-0.25, -0.2) is 0 Å². The van der Waals surface area contributed by atoms with Crippen LogP contribution in [0.15, 0.2) is 12.2 Å². The first-order chi connectivity index (χ1) is 10.8. The van der Waals surface area contributed by atoms with Gasteiger partial charge in [0.25, 0.3) is 0 Å². The number of unbranched alkanes of at least 4 members (excludes halogenated alkanes) is 12. The highest BCUT2D eigenvalue weighted by Crippen LogP contribution is 2.10. The minimum absolute atomic E-state index is 0.773. The van der Waals surface area contributed by atoms with Crippen molar-refractivity contribution in [3.05, 3.63) is 12.2 Å². The molecule has 0 N–H and O–H groups in total. The van der Waals surface area contributed by atoms with E-state index in [-0.39, 0.29) is 0 Å². The van der Waals surface area contributed by atoms with Gasteiger partial charge in [0.05, 0.1) is 0 Å². The first kappa shape index (κ1) is 21.9. The molecule has 0 amide bonds. The lowest BCUT2D eigenvalue weighted by molar-refractivity contribution is 0.312. The Balaban J connectivity index is 3.05. The van der Waals surface area contributed by atoms with E-state index in [1.807, 2.05) is 0 Å². The summed E-state index contributed by atoms with van der Waals surface area (Å²) in [5, 5.41) is 0. The van der Waals surface area contributed by atoms with Crippen molar-refractivity contribution in [2.75, 3.05) is 6.61 Å². The van der Waals surface area contributed by atoms with Crippen molar-refractivity contribution in [1.82, 2.24) is 0 Å². The predicted octanol–water partition coefficient (Wildman–Crippen LogP) is 7.02. The van der Waals surface area contributed by atoms with Crippen LogP contribution in [0.25, 0.3) is 0 Å². The van der Waals surface area contributed by atoms with Gasteiger partial charge in [0.1, 0.15) is 0 Å². The van der Waals surface area contributed by atoms with E-state index in [9.17, 15) is 0 Å². The van der Waals surface area contributed by atoms with E-state index in [0.717, 1.165) is 6.61 Å². The maximum absolute atomic E-state index is 5.69. The minimum atomic E-state index is -0.773. The molecule has 0 spiro atoms. The summed E-state index contributed by atoms with van der Waals surface area (Å²) in [5.74, 6) is 0. The van der Waals surface area contributed by atoms with Crippen LogP contribution >= 0.6 is 0 Å². The van der Waals surface area contributed by atoms with Crippen molar-refractivity contribution in [3.63, 3.8) is 0 Å². The van der Waals surface area contributed by atoms with Crippen molar-refractivity contribution in [3.8, 4) is 0 Å².